The van der Waals surface area contributed by atoms with Crippen LogP contribution in [0.1, 0.15) is 96.8 Å². The zero-order valence-corrected chi connectivity index (χ0v) is 15.4. The highest BCUT2D eigenvalue weighted by Crippen LogP contribution is 2.08. The summed E-state index contributed by atoms with van der Waals surface area (Å²) in [5.74, 6) is 0. The minimum atomic E-state index is -0.490. The predicted molar refractivity (Wildman–Crippen MR) is 97.6 cm³/mol. The fourth-order valence-corrected chi connectivity index (χ4v) is 2.36. The first-order valence-corrected chi connectivity index (χ1v) is 9.73. The van der Waals surface area contributed by atoms with Gasteiger partial charge in [-0.1, -0.05) is 77.6 Å². The summed E-state index contributed by atoms with van der Waals surface area (Å²) in [6.45, 7) is 2.78. The van der Waals surface area contributed by atoms with E-state index >= 15 is 0 Å². The third-order valence-corrected chi connectivity index (χ3v) is 3.92. The summed E-state index contributed by atoms with van der Waals surface area (Å²) in [6, 6.07) is 0. The summed E-state index contributed by atoms with van der Waals surface area (Å²) in [6.07, 6.45) is 15.6. The smallest absolute Gasteiger partial charge is 0.0770 e. The predicted octanol–water partition coefficient (Wildman–Crippen LogP) is 3.79. The Balaban J connectivity index is 0. The number of rotatable bonds is 16. The van der Waals surface area contributed by atoms with Crippen molar-refractivity contribution in [2.45, 2.75) is 103 Å². The molecule has 0 heterocycles. The van der Waals surface area contributed by atoms with Gasteiger partial charge in [0.15, 0.2) is 0 Å². The lowest BCUT2D eigenvalue weighted by molar-refractivity contribution is 0.0860. The van der Waals surface area contributed by atoms with Gasteiger partial charge in [-0.3, -0.25) is 0 Å². The molecule has 142 valence electrons. The van der Waals surface area contributed by atoms with Crippen molar-refractivity contribution < 1.29 is 20.4 Å². The third-order valence-electron chi connectivity index (χ3n) is 3.92. The lowest BCUT2D eigenvalue weighted by atomic mass is 10.1. The Labute approximate surface area is 143 Å². The van der Waals surface area contributed by atoms with Crippen LogP contribution in [0.3, 0.4) is 0 Å². The first kappa shape index (κ1) is 25.1. The van der Waals surface area contributed by atoms with Crippen LogP contribution in [-0.4, -0.2) is 46.4 Å². The van der Waals surface area contributed by atoms with Crippen molar-refractivity contribution in [2.24, 2.45) is 0 Å². The molecule has 4 heteroatoms. The Hall–Kier alpha value is -0.160. The standard InChI is InChI=1S/C10H22O2.C9H20O2/c1-2-3-4-5-6-7-8-10(12)9-11;10-8-6-4-2-1-3-5-7-9-11/h10-12H,2-9H2,1H3;10-11H,1-9H2. The highest BCUT2D eigenvalue weighted by atomic mass is 16.3. The van der Waals surface area contributed by atoms with Crippen LogP contribution in [0.15, 0.2) is 0 Å². The van der Waals surface area contributed by atoms with Gasteiger partial charge in [-0.05, 0) is 19.3 Å². The van der Waals surface area contributed by atoms with Crippen molar-refractivity contribution >= 4 is 0 Å². The Kier molecular flexibility index (Phi) is 26.3. The Morgan fingerprint density at radius 1 is 0.565 bits per heavy atom. The normalized spacial score (nSPS) is 11.9. The van der Waals surface area contributed by atoms with Crippen LogP contribution in [0.5, 0.6) is 0 Å². The van der Waals surface area contributed by atoms with Crippen molar-refractivity contribution in [3.8, 4) is 0 Å². The number of aliphatic hydroxyl groups is 4. The molecule has 0 aliphatic carbocycles. The van der Waals surface area contributed by atoms with Gasteiger partial charge in [-0.15, -0.1) is 0 Å². The average Bonchev–Trinajstić information content (AvgIpc) is 2.57. The van der Waals surface area contributed by atoms with Crippen LogP contribution in [0.2, 0.25) is 0 Å². The molecule has 0 radical (unpaired) electrons. The summed E-state index contributed by atoms with van der Waals surface area (Å²) < 4.78 is 0. The molecule has 0 amide bonds. The second-order valence-corrected chi connectivity index (χ2v) is 6.31. The molecule has 0 aromatic heterocycles. The minimum Gasteiger partial charge on any atom is -0.396 e. The van der Waals surface area contributed by atoms with Gasteiger partial charge < -0.3 is 20.4 Å². The van der Waals surface area contributed by atoms with E-state index in [2.05, 4.69) is 6.92 Å². The second kappa shape index (κ2) is 24.1. The first-order valence-electron chi connectivity index (χ1n) is 9.73. The van der Waals surface area contributed by atoms with Gasteiger partial charge in [-0.2, -0.15) is 0 Å². The lowest BCUT2D eigenvalue weighted by Gasteiger charge is -2.05. The summed E-state index contributed by atoms with van der Waals surface area (Å²) in [5.41, 5.74) is 0. The van der Waals surface area contributed by atoms with Crippen LogP contribution < -0.4 is 0 Å². The van der Waals surface area contributed by atoms with E-state index in [1.54, 1.807) is 0 Å². The van der Waals surface area contributed by atoms with E-state index in [9.17, 15) is 0 Å². The van der Waals surface area contributed by atoms with E-state index in [0.717, 1.165) is 38.5 Å². The van der Waals surface area contributed by atoms with Gasteiger partial charge in [0.2, 0.25) is 0 Å². The van der Waals surface area contributed by atoms with Gasteiger partial charge in [0, 0.05) is 13.2 Å². The zero-order valence-electron chi connectivity index (χ0n) is 15.4. The fraction of sp³-hybridized carbons (Fsp3) is 1.00. The Bertz CT molecular complexity index is 180. The number of unbranched alkanes of at least 4 members (excludes halogenated alkanes) is 11. The van der Waals surface area contributed by atoms with Gasteiger partial charge in [0.05, 0.1) is 12.7 Å². The maximum absolute atomic E-state index is 9.01. The van der Waals surface area contributed by atoms with Crippen LogP contribution in [0.4, 0.5) is 0 Å². The molecule has 4 nitrogen and oxygen atoms in total. The average molecular weight is 335 g/mol. The molecule has 0 bridgehead atoms. The number of hydrogen-bond donors (Lipinski definition) is 4. The molecule has 1 unspecified atom stereocenters. The largest absolute Gasteiger partial charge is 0.396 e. The Morgan fingerprint density at radius 2 is 0.957 bits per heavy atom. The van der Waals surface area contributed by atoms with Gasteiger partial charge in [0.25, 0.3) is 0 Å². The van der Waals surface area contributed by atoms with Crippen LogP contribution in [0, 0.1) is 0 Å². The highest BCUT2D eigenvalue weighted by Gasteiger charge is 2.00. The van der Waals surface area contributed by atoms with Crippen molar-refractivity contribution in [1.82, 2.24) is 0 Å². The van der Waals surface area contributed by atoms with E-state index in [4.69, 9.17) is 20.4 Å². The minimum absolute atomic E-state index is 0.0883. The molecule has 1 atom stereocenters. The van der Waals surface area contributed by atoms with Crippen molar-refractivity contribution in [3.63, 3.8) is 0 Å². The molecule has 0 fully saturated rings. The molecule has 0 rings (SSSR count). The molecule has 0 aliphatic heterocycles. The number of aliphatic hydroxyl groups excluding tert-OH is 4. The van der Waals surface area contributed by atoms with Crippen molar-refractivity contribution in [2.75, 3.05) is 19.8 Å². The van der Waals surface area contributed by atoms with E-state index in [1.807, 2.05) is 0 Å². The van der Waals surface area contributed by atoms with Gasteiger partial charge in [0.1, 0.15) is 0 Å². The summed E-state index contributed by atoms with van der Waals surface area (Å²) in [4.78, 5) is 0. The fourth-order valence-electron chi connectivity index (χ4n) is 2.36. The molecule has 0 aromatic carbocycles. The van der Waals surface area contributed by atoms with Crippen molar-refractivity contribution in [3.05, 3.63) is 0 Å². The van der Waals surface area contributed by atoms with Crippen molar-refractivity contribution in [1.29, 1.82) is 0 Å². The lowest BCUT2D eigenvalue weighted by Crippen LogP contribution is -2.10. The Morgan fingerprint density at radius 3 is 1.35 bits per heavy atom. The summed E-state index contributed by atoms with van der Waals surface area (Å²) >= 11 is 0. The molecule has 0 aliphatic rings. The van der Waals surface area contributed by atoms with Gasteiger partial charge in [-0.25, -0.2) is 0 Å². The monoisotopic (exact) mass is 334 g/mol. The highest BCUT2D eigenvalue weighted by molar-refractivity contribution is 4.53. The maximum atomic E-state index is 9.01. The molecular formula is C19H42O4. The topological polar surface area (TPSA) is 80.9 Å². The zero-order chi connectivity index (χ0) is 17.6. The molecule has 23 heavy (non-hydrogen) atoms. The summed E-state index contributed by atoms with van der Waals surface area (Å²) in [5, 5.41) is 34.5. The molecule has 0 spiro atoms. The third kappa shape index (κ3) is 27.0. The van der Waals surface area contributed by atoms with Crippen LogP contribution in [0.25, 0.3) is 0 Å². The summed E-state index contributed by atoms with van der Waals surface area (Å²) in [7, 11) is 0. The van der Waals surface area contributed by atoms with Crippen LogP contribution >= 0.6 is 0 Å². The second-order valence-electron chi connectivity index (χ2n) is 6.31. The van der Waals surface area contributed by atoms with E-state index in [-0.39, 0.29) is 6.61 Å². The SMILES string of the molecule is CCCCCCCCC(O)CO.OCCCCCCCCCO. The molecule has 0 saturated carbocycles. The molecule has 4 N–H and O–H groups in total. The van der Waals surface area contributed by atoms with Crippen LogP contribution in [-0.2, 0) is 0 Å². The first-order chi connectivity index (χ1) is 11.2. The van der Waals surface area contributed by atoms with E-state index in [1.165, 1.54) is 51.4 Å². The quantitative estimate of drug-likeness (QED) is 0.324. The van der Waals surface area contributed by atoms with Gasteiger partial charge >= 0.3 is 0 Å². The van der Waals surface area contributed by atoms with E-state index < -0.39 is 6.10 Å². The maximum Gasteiger partial charge on any atom is 0.0770 e. The molecule has 0 saturated heterocycles. The van der Waals surface area contributed by atoms with E-state index in [0.29, 0.717) is 13.2 Å². The molecule has 0 aromatic rings. The molecular weight excluding hydrogens is 292 g/mol. The number of hydrogen-bond acceptors (Lipinski definition) is 4.